The Morgan fingerprint density at radius 1 is 1.11 bits per heavy atom. The summed E-state index contributed by atoms with van der Waals surface area (Å²) in [7, 11) is 1.58. The molecular weight excluding hydrogens is 471 g/mol. The molecule has 1 aliphatic carbocycles. The SMILES string of the molecule is COc1cc2c(cc1C(C)(C)O)nc(Nc1ccc(OC(F)(F)F)cc1)n2C1CC(C)CC(C)(C)C1. The van der Waals surface area contributed by atoms with Crippen LogP contribution in [0.15, 0.2) is 36.4 Å². The second kappa shape index (κ2) is 9.18. The number of imidazole rings is 1. The summed E-state index contributed by atoms with van der Waals surface area (Å²) in [5.41, 5.74) is 1.78. The standard InChI is InChI=1S/C27H34F3N3O3/c1-16-11-18(15-25(2,3)14-16)33-22-13-23(35-6)20(26(4,5)34)12-21(22)32-24(33)31-17-7-9-19(10-8-17)36-27(28,29)30/h7-10,12-13,16,18,34H,11,14-15H2,1-6H3,(H,31,32). The van der Waals surface area contributed by atoms with Gasteiger partial charge in [-0.2, -0.15) is 0 Å². The normalized spacial score (nSPS) is 20.4. The van der Waals surface area contributed by atoms with Crippen LogP contribution in [0.25, 0.3) is 11.0 Å². The third-order valence-corrected chi connectivity index (χ3v) is 6.74. The van der Waals surface area contributed by atoms with Crippen LogP contribution < -0.4 is 14.8 Å². The predicted molar refractivity (Wildman–Crippen MR) is 134 cm³/mol. The number of alkyl halides is 3. The summed E-state index contributed by atoms with van der Waals surface area (Å²) < 4.78 is 49.5. The molecule has 0 saturated heterocycles. The first kappa shape index (κ1) is 26.1. The van der Waals surface area contributed by atoms with Crippen molar-refractivity contribution in [3.05, 3.63) is 42.0 Å². The molecule has 0 bridgehead atoms. The fourth-order valence-corrected chi connectivity index (χ4v) is 5.59. The van der Waals surface area contributed by atoms with Crippen molar-refractivity contribution >= 4 is 22.7 Å². The summed E-state index contributed by atoms with van der Waals surface area (Å²) in [6.07, 6.45) is -1.70. The fraction of sp³-hybridized carbons (Fsp3) is 0.519. The van der Waals surface area contributed by atoms with E-state index in [1.807, 2.05) is 12.1 Å². The van der Waals surface area contributed by atoms with Gasteiger partial charge in [0.1, 0.15) is 11.5 Å². The fourth-order valence-electron chi connectivity index (χ4n) is 5.59. The summed E-state index contributed by atoms with van der Waals surface area (Å²) in [6, 6.07) is 9.50. The van der Waals surface area contributed by atoms with Crippen LogP contribution in [0, 0.1) is 11.3 Å². The van der Waals surface area contributed by atoms with Gasteiger partial charge in [-0.15, -0.1) is 13.2 Å². The number of fused-ring (bicyclic) bond motifs is 1. The Bertz CT molecular complexity index is 1230. The highest BCUT2D eigenvalue weighted by Crippen LogP contribution is 2.47. The molecule has 2 atom stereocenters. The van der Waals surface area contributed by atoms with Crippen molar-refractivity contribution in [3.8, 4) is 11.5 Å². The molecule has 6 nitrogen and oxygen atoms in total. The van der Waals surface area contributed by atoms with Crippen molar-refractivity contribution in [2.24, 2.45) is 11.3 Å². The highest BCUT2D eigenvalue weighted by molar-refractivity contribution is 5.83. The van der Waals surface area contributed by atoms with Crippen LogP contribution in [-0.2, 0) is 5.60 Å². The average Bonchev–Trinajstić information content (AvgIpc) is 3.08. The van der Waals surface area contributed by atoms with Crippen LogP contribution in [0.3, 0.4) is 0 Å². The number of rotatable bonds is 6. The van der Waals surface area contributed by atoms with Gasteiger partial charge >= 0.3 is 6.36 Å². The Kier molecular flexibility index (Phi) is 6.66. The lowest BCUT2D eigenvalue weighted by Crippen LogP contribution is -2.29. The molecular formula is C27H34F3N3O3. The second-order valence-corrected chi connectivity index (χ2v) is 11.2. The number of aliphatic hydroxyl groups is 1. The minimum absolute atomic E-state index is 0.143. The largest absolute Gasteiger partial charge is 0.573 e. The number of aromatic nitrogens is 2. The van der Waals surface area contributed by atoms with Gasteiger partial charge in [0.15, 0.2) is 0 Å². The van der Waals surface area contributed by atoms with Crippen molar-refractivity contribution < 1.29 is 27.8 Å². The van der Waals surface area contributed by atoms with Crippen LogP contribution in [0.2, 0.25) is 0 Å². The molecule has 2 N–H and O–H groups in total. The van der Waals surface area contributed by atoms with Crippen molar-refractivity contribution in [3.63, 3.8) is 0 Å². The van der Waals surface area contributed by atoms with Gasteiger partial charge in [-0.3, -0.25) is 0 Å². The van der Waals surface area contributed by atoms with E-state index >= 15 is 0 Å². The first-order valence-electron chi connectivity index (χ1n) is 12.1. The Hall–Kier alpha value is -2.94. The van der Waals surface area contributed by atoms with Crippen LogP contribution in [0.4, 0.5) is 24.8 Å². The molecule has 0 aliphatic heterocycles. The number of ether oxygens (including phenoxy) is 2. The van der Waals surface area contributed by atoms with Crippen molar-refractivity contribution in [1.29, 1.82) is 0 Å². The Balaban J connectivity index is 1.81. The van der Waals surface area contributed by atoms with E-state index < -0.39 is 12.0 Å². The zero-order chi connectivity index (χ0) is 26.5. The predicted octanol–water partition coefficient (Wildman–Crippen LogP) is 7.30. The lowest BCUT2D eigenvalue weighted by atomic mass is 9.70. The van der Waals surface area contributed by atoms with Crippen molar-refractivity contribution in [2.45, 2.75) is 71.9 Å². The molecule has 0 spiro atoms. The van der Waals surface area contributed by atoms with E-state index in [-0.39, 0.29) is 17.2 Å². The van der Waals surface area contributed by atoms with Gasteiger partial charge in [0.25, 0.3) is 0 Å². The molecule has 2 aromatic carbocycles. The highest BCUT2D eigenvalue weighted by atomic mass is 19.4. The zero-order valence-corrected chi connectivity index (χ0v) is 21.5. The van der Waals surface area contributed by atoms with Crippen molar-refractivity contribution in [2.75, 3.05) is 12.4 Å². The molecule has 4 rings (SSSR count). The number of halogens is 3. The smallest absolute Gasteiger partial charge is 0.496 e. The summed E-state index contributed by atoms with van der Waals surface area (Å²) in [5.74, 6) is 1.38. The lowest BCUT2D eigenvalue weighted by molar-refractivity contribution is -0.274. The molecule has 3 aromatic rings. The zero-order valence-electron chi connectivity index (χ0n) is 21.5. The molecule has 2 unspecified atom stereocenters. The molecule has 9 heteroatoms. The van der Waals surface area contributed by atoms with Crippen LogP contribution in [0.1, 0.15) is 65.5 Å². The minimum Gasteiger partial charge on any atom is -0.496 e. The van der Waals surface area contributed by atoms with Gasteiger partial charge in [0.2, 0.25) is 5.95 Å². The monoisotopic (exact) mass is 505 g/mol. The second-order valence-electron chi connectivity index (χ2n) is 11.2. The van der Waals surface area contributed by atoms with Gasteiger partial charge in [-0.1, -0.05) is 20.8 Å². The molecule has 1 aliphatic rings. The quantitative estimate of drug-likeness (QED) is 0.368. The maximum absolute atomic E-state index is 12.6. The Labute approximate surface area is 209 Å². The van der Waals surface area contributed by atoms with E-state index in [0.717, 1.165) is 24.8 Å². The number of nitrogens with one attached hydrogen (secondary N) is 1. The van der Waals surface area contributed by atoms with Gasteiger partial charge in [0, 0.05) is 23.4 Å². The molecule has 0 radical (unpaired) electrons. The van der Waals surface area contributed by atoms with E-state index in [9.17, 15) is 18.3 Å². The molecule has 1 heterocycles. The average molecular weight is 506 g/mol. The van der Waals surface area contributed by atoms with E-state index in [1.54, 1.807) is 21.0 Å². The number of hydrogen-bond acceptors (Lipinski definition) is 5. The molecule has 196 valence electrons. The van der Waals surface area contributed by atoms with E-state index in [0.29, 0.717) is 34.4 Å². The Morgan fingerprint density at radius 3 is 2.33 bits per heavy atom. The summed E-state index contributed by atoms with van der Waals surface area (Å²) in [6.45, 7) is 10.2. The molecule has 0 amide bonds. The minimum atomic E-state index is -4.75. The number of hydrogen-bond donors (Lipinski definition) is 2. The summed E-state index contributed by atoms with van der Waals surface area (Å²) >= 11 is 0. The number of benzene rings is 2. The van der Waals surface area contributed by atoms with Gasteiger partial charge < -0.3 is 24.5 Å². The molecule has 1 aromatic heterocycles. The first-order valence-corrected chi connectivity index (χ1v) is 12.1. The summed E-state index contributed by atoms with van der Waals surface area (Å²) in [4.78, 5) is 4.86. The number of nitrogens with zero attached hydrogens (tertiary/aromatic N) is 2. The number of anilines is 2. The van der Waals surface area contributed by atoms with Crippen LogP contribution >= 0.6 is 0 Å². The van der Waals surface area contributed by atoms with E-state index in [1.165, 1.54) is 24.3 Å². The Morgan fingerprint density at radius 2 is 1.78 bits per heavy atom. The molecule has 1 fully saturated rings. The molecule has 36 heavy (non-hydrogen) atoms. The van der Waals surface area contributed by atoms with Crippen molar-refractivity contribution in [1.82, 2.24) is 9.55 Å². The maximum Gasteiger partial charge on any atom is 0.573 e. The third kappa shape index (κ3) is 5.72. The van der Waals surface area contributed by atoms with E-state index in [2.05, 4.69) is 35.4 Å². The highest BCUT2D eigenvalue weighted by Gasteiger charge is 2.35. The van der Waals surface area contributed by atoms with Crippen LogP contribution in [0.5, 0.6) is 11.5 Å². The third-order valence-electron chi connectivity index (χ3n) is 6.74. The lowest BCUT2D eigenvalue weighted by Gasteiger charge is -2.40. The van der Waals surface area contributed by atoms with Gasteiger partial charge in [-0.05, 0) is 74.8 Å². The summed E-state index contributed by atoms with van der Waals surface area (Å²) in [5, 5.41) is 14.0. The van der Waals surface area contributed by atoms with E-state index in [4.69, 9.17) is 9.72 Å². The molecule has 1 saturated carbocycles. The maximum atomic E-state index is 12.6. The van der Waals surface area contributed by atoms with Gasteiger partial charge in [0.05, 0.1) is 23.7 Å². The van der Waals surface area contributed by atoms with Gasteiger partial charge in [-0.25, -0.2) is 4.98 Å². The topological polar surface area (TPSA) is 68.5 Å². The van der Waals surface area contributed by atoms with Crippen LogP contribution in [-0.4, -0.2) is 28.1 Å². The number of methoxy groups -OCH3 is 1. The first-order chi connectivity index (χ1) is 16.6.